The number of hydrogen-bond donors (Lipinski definition) is 2. The van der Waals surface area contributed by atoms with Gasteiger partial charge in [0.05, 0.1) is 6.61 Å². The Labute approximate surface area is 112 Å². The maximum absolute atomic E-state index is 11.8. The van der Waals surface area contributed by atoms with E-state index >= 15 is 0 Å². The summed E-state index contributed by atoms with van der Waals surface area (Å²) in [5.41, 5.74) is 1.49. The average molecular weight is 262 g/mol. The molecule has 1 aromatic rings. The molecule has 1 heterocycles. The maximum Gasteiger partial charge on any atom is 0.245 e. The number of anilines is 1. The number of carbonyl (C=O) groups excluding carboxylic acids is 2. The number of nitrogens with one attached hydrogen (secondary N) is 1. The van der Waals surface area contributed by atoms with Crippen LogP contribution in [0.2, 0.25) is 0 Å². The molecular weight excluding hydrogens is 244 g/mol. The fourth-order valence-corrected chi connectivity index (χ4v) is 2.25. The smallest absolute Gasteiger partial charge is 0.245 e. The topological polar surface area (TPSA) is 69.6 Å². The third-order valence-electron chi connectivity index (χ3n) is 3.33. The minimum atomic E-state index is -0.564. The molecule has 5 heteroatoms. The summed E-state index contributed by atoms with van der Waals surface area (Å²) in [5.74, 6) is -0.144. The second kappa shape index (κ2) is 5.84. The molecule has 1 fully saturated rings. The van der Waals surface area contributed by atoms with Gasteiger partial charge in [0, 0.05) is 24.3 Å². The molecule has 2 rings (SSSR count). The predicted molar refractivity (Wildman–Crippen MR) is 72.3 cm³/mol. The minimum Gasteiger partial charge on any atom is -0.394 e. The number of amides is 1. The first-order valence-corrected chi connectivity index (χ1v) is 6.39. The van der Waals surface area contributed by atoms with Crippen molar-refractivity contribution < 1.29 is 14.7 Å². The molecule has 0 bridgehead atoms. The van der Waals surface area contributed by atoms with Gasteiger partial charge < -0.3 is 15.3 Å². The monoisotopic (exact) mass is 262 g/mol. The summed E-state index contributed by atoms with van der Waals surface area (Å²) in [7, 11) is 0. The Morgan fingerprint density at radius 1 is 1.42 bits per heavy atom. The molecule has 1 saturated heterocycles. The second-order valence-corrected chi connectivity index (χ2v) is 4.64. The van der Waals surface area contributed by atoms with Gasteiger partial charge in [0.15, 0.2) is 5.78 Å². The summed E-state index contributed by atoms with van der Waals surface area (Å²) in [6, 6.07) is 6.56. The second-order valence-electron chi connectivity index (χ2n) is 4.64. The Morgan fingerprint density at radius 3 is 2.68 bits per heavy atom. The summed E-state index contributed by atoms with van der Waals surface area (Å²) in [4.78, 5) is 25.0. The molecule has 0 spiro atoms. The molecular formula is C14H18N2O3. The lowest BCUT2D eigenvalue weighted by atomic mass is 10.1. The molecule has 1 aromatic carbocycles. The molecule has 1 aliphatic rings. The Morgan fingerprint density at radius 2 is 2.11 bits per heavy atom. The third kappa shape index (κ3) is 2.93. The van der Waals surface area contributed by atoms with Crippen LogP contribution in [0.3, 0.4) is 0 Å². The summed E-state index contributed by atoms with van der Waals surface area (Å²) >= 11 is 0. The van der Waals surface area contributed by atoms with E-state index in [0.29, 0.717) is 18.7 Å². The fourth-order valence-electron chi connectivity index (χ4n) is 2.25. The Bertz CT molecular complexity index is 470. The van der Waals surface area contributed by atoms with E-state index in [2.05, 4.69) is 5.32 Å². The molecule has 1 aliphatic heterocycles. The van der Waals surface area contributed by atoms with Crippen molar-refractivity contribution in [1.82, 2.24) is 5.32 Å². The molecule has 19 heavy (non-hydrogen) atoms. The van der Waals surface area contributed by atoms with Crippen LogP contribution in [0.4, 0.5) is 5.69 Å². The van der Waals surface area contributed by atoms with E-state index < -0.39 is 6.04 Å². The number of benzene rings is 1. The molecule has 0 saturated carbocycles. The van der Waals surface area contributed by atoms with E-state index in [1.165, 1.54) is 6.92 Å². The number of nitrogens with zero attached hydrogens (tertiary/aromatic N) is 1. The molecule has 2 N–H and O–H groups in total. The van der Waals surface area contributed by atoms with Gasteiger partial charge in [-0.3, -0.25) is 9.59 Å². The van der Waals surface area contributed by atoms with Crippen LogP contribution in [-0.4, -0.2) is 42.5 Å². The molecule has 0 radical (unpaired) electrons. The first-order valence-electron chi connectivity index (χ1n) is 6.39. The van der Waals surface area contributed by atoms with Crippen LogP contribution in [0.5, 0.6) is 0 Å². The van der Waals surface area contributed by atoms with Crippen molar-refractivity contribution in [2.24, 2.45) is 0 Å². The van der Waals surface area contributed by atoms with Gasteiger partial charge in [-0.05, 0) is 37.6 Å². The number of aliphatic hydroxyl groups is 1. The van der Waals surface area contributed by atoms with Gasteiger partial charge >= 0.3 is 0 Å². The summed E-state index contributed by atoms with van der Waals surface area (Å²) in [5, 5.41) is 12.2. The quantitative estimate of drug-likeness (QED) is 0.782. The Hall–Kier alpha value is -1.88. The summed E-state index contributed by atoms with van der Waals surface area (Å²) in [6.07, 6.45) is 0.830. The highest BCUT2D eigenvalue weighted by Crippen LogP contribution is 2.20. The predicted octanol–water partition coefficient (Wildman–Crippen LogP) is 0.576. The lowest BCUT2D eigenvalue weighted by molar-refractivity contribution is -0.122. The van der Waals surface area contributed by atoms with Gasteiger partial charge in [0.2, 0.25) is 5.91 Å². The molecule has 0 aromatic heterocycles. The van der Waals surface area contributed by atoms with Crippen LogP contribution in [0.1, 0.15) is 23.7 Å². The lowest BCUT2D eigenvalue weighted by Gasteiger charge is -2.29. The SMILES string of the molecule is CC(=O)c1ccc(N2CCCNC(=O)C2CO)cc1. The van der Waals surface area contributed by atoms with E-state index in [1.807, 2.05) is 17.0 Å². The Kier molecular flexibility index (Phi) is 4.16. The van der Waals surface area contributed by atoms with Gasteiger partial charge in [-0.1, -0.05) is 0 Å². The first kappa shape index (κ1) is 13.5. The number of carbonyl (C=O) groups is 2. The zero-order chi connectivity index (χ0) is 13.8. The molecule has 1 atom stereocenters. The van der Waals surface area contributed by atoms with Crippen molar-refractivity contribution in [2.75, 3.05) is 24.6 Å². The van der Waals surface area contributed by atoms with Crippen molar-refractivity contribution in [3.8, 4) is 0 Å². The summed E-state index contributed by atoms with van der Waals surface area (Å²) in [6.45, 7) is 2.62. The van der Waals surface area contributed by atoms with Crippen LogP contribution < -0.4 is 10.2 Å². The first-order chi connectivity index (χ1) is 9.13. The van der Waals surface area contributed by atoms with E-state index in [1.54, 1.807) is 12.1 Å². The number of Topliss-reactive ketones (excluding diaryl/α,β-unsaturated/α-hetero) is 1. The highest BCUT2D eigenvalue weighted by atomic mass is 16.3. The van der Waals surface area contributed by atoms with Gasteiger partial charge in [0.25, 0.3) is 0 Å². The van der Waals surface area contributed by atoms with Gasteiger partial charge in [-0.15, -0.1) is 0 Å². The molecule has 5 nitrogen and oxygen atoms in total. The van der Waals surface area contributed by atoms with Gasteiger partial charge in [-0.25, -0.2) is 0 Å². The standard InChI is InChI=1S/C14H18N2O3/c1-10(18)11-3-5-12(6-4-11)16-8-2-7-15-14(19)13(16)9-17/h3-6,13,17H,2,7-9H2,1H3,(H,15,19). The van der Waals surface area contributed by atoms with E-state index in [9.17, 15) is 14.7 Å². The molecule has 102 valence electrons. The number of ketones is 1. The van der Waals surface area contributed by atoms with Crippen molar-refractivity contribution in [2.45, 2.75) is 19.4 Å². The third-order valence-corrected chi connectivity index (χ3v) is 3.33. The molecule has 1 amide bonds. The van der Waals surface area contributed by atoms with Crippen LogP contribution >= 0.6 is 0 Å². The van der Waals surface area contributed by atoms with Crippen LogP contribution in [0.15, 0.2) is 24.3 Å². The van der Waals surface area contributed by atoms with Crippen LogP contribution in [-0.2, 0) is 4.79 Å². The van der Waals surface area contributed by atoms with Gasteiger partial charge in [-0.2, -0.15) is 0 Å². The average Bonchev–Trinajstić information content (AvgIpc) is 2.60. The zero-order valence-electron chi connectivity index (χ0n) is 10.9. The fraction of sp³-hybridized carbons (Fsp3) is 0.429. The number of hydrogen-bond acceptors (Lipinski definition) is 4. The van der Waals surface area contributed by atoms with E-state index in [0.717, 1.165) is 12.1 Å². The van der Waals surface area contributed by atoms with Crippen molar-refractivity contribution in [3.05, 3.63) is 29.8 Å². The van der Waals surface area contributed by atoms with E-state index in [-0.39, 0.29) is 18.3 Å². The lowest BCUT2D eigenvalue weighted by Crippen LogP contribution is -2.46. The maximum atomic E-state index is 11.8. The van der Waals surface area contributed by atoms with Crippen LogP contribution in [0, 0.1) is 0 Å². The van der Waals surface area contributed by atoms with Crippen molar-refractivity contribution >= 4 is 17.4 Å². The van der Waals surface area contributed by atoms with E-state index in [4.69, 9.17) is 0 Å². The number of aliphatic hydroxyl groups excluding tert-OH is 1. The minimum absolute atomic E-state index is 0.0128. The normalized spacial score (nSPS) is 19.8. The van der Waals surface area contributed by atoms with Crippen molar-refractivity contribution in [3.63, 3.8) is 0 Å². The molecule has 1 unspecified atom stereocenters. The largest absolute Gasteiger partial charge is 0.394 e. The van der Waals surface area contributed by atoms with Gasteiger partial charge in [0.1, 0.15) is 6.04 Å². The Balaban J connectivity index is 2.26. The highest BCUT2D eigenvalue weighted by molar-refractivity contribution is 5.94. The molecule has 0 aliphatic carbocycles. The zero-order valence-corrected chi connectivity index (χ0v) is 10.9. The number of rotatable bonds is 3. The summed E-state index contributed by atoms with van der Waals surface area (Å²) < 4.78 is 0. The van der Waals surface area contributed by atoms with Crippen LogP contribution in [0.25, 0.3) is 0 Å². The highest BCUT2D eigenvalue weighted by Gasteiger charge is 2.27. The van der Waals surface area contributed by atoms with Crippen molar-refractivity contribution in [1.29, 1.82) is 0 Å².